The Hall–Kier alpha value is -2.99. The number of para-hydroxylation sites is 1. The van der Waals surface area contributed by atoms with E-state index in [4.69, 9.17) is 0 Å². The smallest absolute Gasteiger partial charge is 0.279 e. The normalized spacial score (nSPS) is 12.1. The van der Waals surface area contributed by atoms with Gasteiger partial charge in [-0.1, -0.05) is 37.6 Å². The van der Waals surface area contributed by atoms with Gasteiger partial charge in [0.1, 0.15) is 6.54 Å². The number of H-pyrrole nitrogens is 1. The van der Waals surface area contributed by atoms with Crippen molar-refractivity contribution in [1.29, 1.82) is 0 Å². The van der Waals surface area contributed by atoms with E-state index >= 15 is 0 Å². The van der Waals surface area contributed by atoms with Crippen LogP contribution >= 0.6 is 0 Å². The number of carbonyl (C=O) groups is 1. The number of amides is 1. The molecule has 1 unspecified atom stereocenters. The predicted molar refractivity (Wildman–Crippen MR) is 116 cm³/mol. The molecule has 0 aliphatic carbocycles. The van der Waals surface area contributed by atoms with Crippen molar-refractivity contribution in [1.82, 2.24) is 9.97 Å². The van der Waals surface area contributed by atoms with E-state index in [9.17, 15) is 9.59 Å². The molecule has 0 saturated carbocycles. The second-order valence-corrected chi connectivity index (χ2v) is 7.53. The summed E-state index contributed by atoms with van der Waals surface area (Å²) in [5, 5.41) is 3.62. The standard InChI is InChI=1S/C23H28N4O2/c1-4-5-13-27(15-22(28)25-19-12-8-9-16(2)17(19)3)14-21-24-20-11-7-6-10-18(20)23(29)26-21/h6-12H,4-5,13-15H2,1-3H3,(H,25,28)(H,24,26,29)/p+1. The van der Waals surface area contributed by atoms with E-state index in [0.717, 1.165) is 41.1 Å². The molecule has 3 aromatic rings. The molecule has 3 N–H and O–H groups in total. The molecular weight excluding hydrogens is 364 g/mol. The number of carbonyl (C=O) groups excluding carboxylic acids is 1. The molecule has 0 fully saturated rings. The first-order valence-electron chi connectivity index (χ1n) is 10.2. The van der Waals surface area contributed by atoms with Crippen molar-refractivity contribution >= 4 is 22.5 Å². The van der Waals surface area contributed by atoms with Gasteiger partial charge in [-0.2, -0.15) is 0 Å². The second kappa shape index (κ2) is 9.47. The largest absolute Gasteiger partial charge is 0.321 e. The number of nitrogens with zero attached hydrogens (tertiary/aromatic N) is 1. The van der Waals surface area contributed by atoms with Crippen LogP contribution in [0, 0.1) is 13.8 Å². The van der Waals surface area contributed by atoms with E-state index in [0.29, 0.717) is 29.8 Å². The van der Waals surface area contributed by atoms with Gasteiger partial charge in [0, 0.05) is 5.69 Å². The zero-order chi connectivity index (χ0) is 20.8. The van der Waals surface area contributed by atoms with Crippen molar-refractivity contribution in [2.75, 3.05) is 18.4 Å². The molecule has 0 aliphatic heterocycles. The van der Waals surface area contributed by atoms with Crippen molar-refractivity contribution in [3.8, 4) is 0 Å². The van der Waals surface area contributed by atoms with Gasteiger partial charge in [0.15, 0.2) is 12.4 Å². The SMILES string of the molecule is CCCC[NH+](CC(=O)Nc1cccc(C)c1C)Cc1nc2ccccc2c(=O)[nH]1. The zero-order valence-electron chi connectivity index (χ0n) is 17.3. The van der Waals surface area contributed by atoms with Crippen LogP contribution in [-0.2, 0) is 11.3 Å². The molecule has 6 heteroatoms. The van der Waals surface area contributed by atoms with Crippen LogP contribution in [0.5, 0.6) is 0 Å². The topological polar surface area (TPSA) is 79.3 Å². The van der Waals surface area contributed by atoms with E-state index in [1.807, 2.05) is 50.2 Å². The van der Waals surface area contributed by atoms with Crippen molar-refractivity contribution in [3.63, 3.8) is 0 Å². The minimum Gasteiger partial charge on any atom is -0.321 e. The minimum atomic E-state index is -0.139. The van der Waals surface area contributed by atoms with E-state index in [1.54, 1.807) is 6.07 Å². The summed E-state index contributed by atoms with van der Waals surface area (Å²) in [6.07, 6.45) is 2.05. The third-order valence-corrected chi connectivity index (χ3v) is 5.25. The highest BCUT2D eigenvalue weighted by Gasteiger charge is 2.17. The Balaban J connectivity index is 1.75. The Morgan fingerprint density at radius 2 is 1.93 bits per heavy atom. The van der Waals surface area contributed by atoms with Crippen LogP contribution in [0.15, 0.2) is 47.3 Å². The van der Waals surface area contributed by atoms with E-state index in [2.05, 4.69) is 22.2 Å². The van der Waals surface area contributed by atoms with Crippen molar-refractivity contribution < 1.29 is 9.69 Å². The van der Waals surface area contributed by atoms with E-state index in [-0.39, 0.29) is 11.5 Å². The van der Waals surface area contributed by atoms with Crippen LogP contribution < -0.4 is 15.8 Å². The summed E-state index contributed by atoms with van der Waals surface area (Å²) in [5.41, 5.74) is 3.62. The lowest BCUT2D eigenvalue weighted by molar-refractivity contribution is -0.906. The number of aromatic nitrogens is 2. The third kappa shape index (κ3) is 5.29. The van der Waals surface area contributed by atoms with Crippen LogP contribution in [0.3, 0.4) is 0 Å². The monoisotopic (exact) mass is 393 g/mol. The number of quaternary nitrogens is 1. The van der Waals surface area contributed by atoms with Gasteiger partial charge in [0.2, 0.25) is 0 Å². The van der Waals surface area contributed by atoms with Gasteiger partial charge < -0.3 is 15.2 Å². The van der Waals surface area contributed by atoms with Gasteiger partial charge in [-0.15, -0.1) is 0 Å². The fourth-order valence-corrected chi connectivity index (χ4v) is 3.43. The molecule has 1 heterocycles. The Morgan fingerprint density at radius 1 is 1.14 bits per heavy atom. The Bertz CT molecular complexity index is 1060. The number of benzene rings is 2. The Kier molecular flexibility index (Phi) is 6.77. The summed E-state index contributed by atoms with van der Waals surface area (Å²) in [4.78, 5) is 33.6. The summed E-state index contributed by atoms with van der Waals surface area (Å²) >= 11 is 0. The van der Waals surface area contributed by atoms with Gasteiger partial charge in [0.05, 0.1) is 17.4 Å². The molecule has 2 aromatic carbocycles. The molecule has 0 bridgehead atoms. The molecule has 1 aromatic heterocycles. The molecular formula is C23H29N4O2+. The zero-order valence-corrected chi connectivity index (χ0v) is 17.3. The molecule has 1 atom stereocenters. The number of hydrogen-bond acceptors (Lipinski definition) is 3. The van der Waals surface area contributed by atoms with Crippen molar-refractivity contribution in [2.24, 2.45) is 0 Å². The lowest BCUT2D eigenvalue weighted by Gasteiger charge is -2.19. The molecule has 152 valence electrons. The van der Waals surface area contributed by atoms with Gasteiger partial charge in [-0.05, 0) is 49.6 Å². The first-order chi connectivity index (χ1) is 14.0. The summed E-state index contributed by atoms with van der Waals surface area (Å²) in [7, 11) is 0. The average molecular weight is 394 g/mol. The van der Waals surface area contributed by atoms with Crippen LogP contribution in [0.1, 0.15) is 36.7 Å². The molecule has 6 nitrogen and oxygen atoms in total. The number of rotatable bonds is 8. The highest BCUT2D eigenvalue weighted by atomic mass is 16.2. The van der Waals surface area contributed by atoms with Gasteiger partial charge in [0.25, 0.3) is 11.5 Å². The second-order valence-electron chi connectivity index (χ2n) is 7.53. The van der Waals surface area contributed by atoms with Crippen LogP contribution in [0.4, 0.5) is 5.69 Å². The number of unbranched alkanes of at least 4 members (excludes halogenated alkanes) is 1. The maximum Gasteiger partial charge on any atom is 0.279 e. The predicted octanol–water partition coefficient (Wildman–Crippen LogP) is 2.36. The fraction of sp³-hybridized carbons (Fsp3) is 0.348. The molecule has 0 radical (unpaired) electrons. The number of fused-ring (bicyclic) bond motifs is 1. The molecule has 3 rings (SSSR count). The van der Waals surface area contributed by atoms with Crippen LogP contribution in [0.25, 0.3) is 10.9 Å². The number of hydrogen-bond donors (Lipinski definition) is 3. The maximum atomic E-state index is 12.7. The van der Waals surface area contributed by atoms with Gasteiger partial charge in [-0.3, -0.25) is 9.59 Å². The number of anilines is 1. The fourth-order valence-electron chi connectivity index (χ4n) is 3.43. The Morgan fingerprint density at radius 3 is 2.72 bits per heavy atom. The summed E-state index contributed by atoms with van der Waals surface area (Å²) in [5.74, 6) is 0.576. The van der Waals surface area contributed by atoms with Crippen molar-refractivity contribution in [2.45, 2.75) is 40.2 Å². The average Bonchev–Trinajstić information content (AvgIpc) is 2.69. The summed E-state index contributed by atoms with van der Waals surface area (Å²) in [6, 6.07) is 13.2. The maximum absolute atomic E-state index is 12.7. The van der Waals surface area contributed by atoms with E-state index in [1.165, 1.54) is 0 Å². The first-order valence-corrected chi connectivity index (χ1v) is 10.2. The number of aromatic amines is 1. The molecule has 1 amide bonds. The number of nitrogens with one attached hydrogen (secondary N) is 3. The molecule has 0 saturated heterocycles. The molecule has 0 aliphatic rings. The van der Waals surface area contributed by atoms with Gasteiger partial charge >= 0.3 is 0 Å². The van der Waals surface area contributed by atoms with E-state index < -0.39 is 0 Å². The van der Waals surface area contributed by atoms with Crippen LogP contribution in [-0.4, -0.2) is 29.0 Å². The van der Waals surface area contributed by atoms with Gasteiger partial charge in [-0.25, -0.2) is 4.98 Å². The molecule has 29 heavy (non-hydrogen) atoms. The summed E-state index contributed by atoms with van der Waals surface area (Å²) in [6.45, 7) is 7.84. The lowest BCUT2D eigenvalue weighted by atomic mass is 10.1. The summed E-state index contributed by atoms with van der Waals surface area (Å²) < 4.78 is 0. The number of aryl methyl sites for hydroxylation is 1. The highest BCUT2D eigenvalue weighted by molar-refractivity contribution is 5.92. The van der Waals surface area contributed by atoms with Crippen LogP contribution in [0.2, 0.25) is 0 Å². The first kappa shape index (κ1) is 20.7. The third-order valence-electron chi connectivity index (χ3n) is 5.25. The molecule has 0 spiro atoms. The lowest BCUT2D eigenvalue weighted by Crippen LogP contribution is -3.12. The quantitative estimate of drug-likeness (QED) is 0.550. The highest BCUT2D eigenvalue weighted by Crippen LogP contribution is 2.17. The minimum absolute atomic E-state index is 0.0343. The Labute approximate surface area is 171 Å². The van der Waals surface area contributed by atoms with Crippen molar-refractivity contribution in [3.05, 3.63) is 69.8 Å².